The maximum absolute atomic E-state index is 14.9. The Kier molecular flexibility index (Phi) is 12.0. The van der Waals surface area contributed by atoms with Crippen molar-refractivity contribution in [3.05, 3.63) is 127 Å². The van der Waals surface area contributed by atoms with Crippen molar-refractivity contribution < 1.29 is 31.9 Å². The zero-order valence-electron chi connectivity index (χ0n) is 29.8. The van der Waals surface area contributed by atoms with E-state index in [1.807, 2.05) is 97.9 Å². The van der Waals surface area contributed by atoms with Gasteiger partial charge in [-0.1, -0.05) is 132 Å². The van der Waals surface area contributed by atoms with Gasteiger partial charge in [0.1, 0.15) is 11.4 Å². The summed E-state index contributed by atoms with van der Waals surface area (Å²) in [6.45, 7) is 4.24. The highest BCUT2D eigenvalue weighted by Crippen LogP contribution is 2.46. The highest BCUT2D eigenvalue weighted by atomic mass is 31.2. The van der Waals surface area contributed by atoms with Crippen LogP contribution in [0.3, 0.4) is 0 Å². The molecule has 0 radical (unpaired) electrons. The molecule has 0 spiro atoms. The minimum absolute atomic E-state index is 0.0351. The number of alkyl carbamates (subject to hydrolysis) is 1. The van der Waals surface area contributed by atoms with Gasteiger partial charge >= 0.3 is 12.3 Å². The Morgan fingerprint density at radius 3 is 1.77 bits per heavy atom. The van der Waals surface area contributed by atoms with Gasteiger partial charge in [-0.3, -0.25) is 4.79 Å². The number of amides is 1. The third kappa shape index (κ3) is 8.61. The van der Waals surface area contributed by atoms with Gasteiger partial charge in [-0.05, 0) is 53.5 Å². The zero-order chi connectivity index (χ0) is 38.2. The number of rotatable bonds is 12. The molecule has 0 saturated heterocycles. The van der Waals surface area contributed by atoms with Crippen LogP contribution in [0, 0.1) is 16.7 Å². The number of halogens is 3. The van der Waals surface area contributed by atoms with Crippen molar-refractivity contribution >= 4 is 40.0 Å². The molecule has 0 fully saturated rings. The predicted molar refractivity (Wildman–Crippen MR) is 201 cm³/mol. The fourth-order valence-electron chi connectivity index (χ4n) is 6.07. The molecule has 0 unspecified atom stereocenters. The summed E-state index contributed by atoms with van der Waals surface area (Å²) in [5.74, 6) is -0.651. The minimum Gasteiger partial charge on any atom is -0.436 e. The van der Waals surface area contributed by atoms with Gasteiger partial charge in [-0.25, -0.2) is 4.79 Å². The summed E-state index contributed by atoms with van der Waals surface area (Å²) >= 11 is 0. The van der Waals surface area contributed by atoms with Crippen LogP contribution in [-0.2, 0) is 15.7 Å². The normalized spacial score (nSPS) is 13.0. The van der Waals surface area contributed by atoms with Crippen molar-refractivity contribution in [2.24, 2.45) is 5.41 Å². The molecular weight excluding hydrogens is 700 g/mol. The Bertz CT molecular complexity index is 2000. The van der Waals surface area contributed by atoms with Crippen LogP contribution in [0.1, 0.15) is 64.5 Å². The summed E-state index contributed by atoms with van der Waals surface area (Å²) in [4.78, 5) is 28.6. The van der Waals surface area contributed by atoms with Gasteiger partial charge in [-0.2, -0.15) is 18.4 Å². The molecule has 12 heteroatoms. The molecule has 274 valence electrons. The van der Waals surface area contributed by atoms with Crippen LogP contribution >= 0.6 is 6.89 Å². The van der Waals surface area contributed by atoms with E-state index in [1.54, 1.807) is 20.8 Å². The number of nitrogens with zero attached hydrogens (tertiary/aromatic N) is 3. The monoisotopic (exact) mass is 740 g/mol. The van der Waals surface area contributed by atoms with E-state index in [1.165, 1.54) is 12.1 Å². The van der Waals surface area contributed by atoms with Gasteiger partial charge in [0, 0.05) is 11.0 Å². The van der Waals surface area contributed by atoms with Crippen LogP contribution in [0.2, 0.25) is 0 Å². The fourth-order valence-corrected chi connectivity index (χ4v) is 10.2. The first kappa shape index (κ1) is 38.8. The predicted octanol–water partition coefficient (Wildman–Crippen LogP) is 8.39. The van der Waals surface area contributed by atoms with Crippen molar-refractivity contribution in [3.63, 3.8) is 0 Å². The summed E-state index contributed by atoms with van der Waals surface area (Å²) in [6.07, 6.45) is -5.01. The molecule has 8 nitrogen and oxygen atoms in total. The molecule has 1 heterocycles. The number of alkyl halides is 3. The number of aromatic nitrogens is 2. The maximum Gasteiger partial charge on any atom is 0.416 e. The lowest BCUT2D eigenvalue weighted by atomic mass is 9.89. The van der Waals surface area contributed by atoms with E-state index in [4.69, 9.17) is 9.15 Å². The first-order valence-corrected chi connectivity index (χ1v) is 19.0. The second-order valence-electron chi connectivity index (χ2n) is 13.5. The van der Waals surface area contributed by atoms with Gasteiger partial charge in [0.05, 0.1) is 11.6 Å². The molecule has 5 rings (SSSR count). The molecular formula is C41H40F3N4O4P. The standard InChI is InChI=1S/C41H40F3N4O4P/c1-5-6-22-33(46-39(50)51-36(40(2,3)4)38-48-47-37(52-38)28-23-25-29(26-24-28)41(42,43)44)35(49)34(27-45)53(30-16-10-7-11-17-30,31-18-12-8-13-19-31)32-20-14-9-15-21-32/h7-21,23-26,33,36H,5-6,22H2,1-4H3,(H,46,50)/t33-,36+/m0/s1. The number of benzene rings is 4. The van der Waals surface area contributed by atoms with Gasteiger partial charge in [0.2, 0.25) is 5.89 Å². The number of hydrogen-bond acceptors (Lipinski definition) is 7. The first-order valence-electron chi connectivity index (χ1n) is 17.2. The molecule has 1 amide bonds. The smallest absolute Gasteiger partial charge is 0.416 e. The maximum atomic E-state index is 14.9. The molecule has 53 heavy (non-hydrogen) atoms. The van der Waals surface area contributed by atoms with Crippen LogP contribution in [0.4, 0.5) is 18.0 Å². The number of hydrogen-bond donors (Lipinski definition) is 1. The Morgan fingerprint density at radius 1 is 0.830 bits per heavy atom. The first-order chi connectivity index (χ1) is 25.3. The number of carbonyl (C=O) groups is 2. The molecule has 0 saturated carbocycles. The molecule has 1 N–H and O–H groups in total. The molecule has 5 aromatic rings. The zero-order valence-corrected chi connectivity index (χ0v) is 30.7. The van der Waals surface area contributed by atoms with Gasteiger partial charge in [0.25, 0.3) is 5.89 Å². The van der Waals surface area contributed by atoms with E-state index in [9.17, 15) is 28.0 Å². The Balaban J connectivity index is 1.54. The number of ketones is 1. The number of unbranched alkanes of at least 4 members (excludes halogenated alkanes) is 1. The highest BCUT2D eigenvalue weighted by Gasteiger charge is 2.39. The highest BCUT2D eigenvalue weighted by molar-refractivity contribution is 7.97. The lowest BCUT2D eigenvalue weighted by Crippen LogP contribution is -2.46. The molecule has 0 aliphatic heterocycles. The summed E-state index contributed by atoms with van der Waals surface area (Å²) in [5, 5.41) is 24.3. The van der Waals surface area contributed by atoms with E-state index in [0.29, 0.717) is 6.42 Å². The van der Waals surface area contributed by atoms with Gasteiger partial charge in [0.15, 0.2) is 11.9 Å². The Hall–Kier alpha value is -5.46. The van der Waals surface area contributed by atoms with E-state index < -0.39 is 48.1 Å². The molecule has 4 aromatic carbocycles. The lowest BCUT2D eigenvalue weighted by Gasteiger charge is -2.31. The molecule has 2 atom stereocenters. The van der Waals surface area contributed by atoms with Crippen LogP contribution in [0.25, 0.3) is 11.5 Å². The molecule has 1 aromatic heterocycles. The summed E-state index contributed by atoms with van der Waals surface area (Å²) < 4.78 is 51.0. The van der Waals surface area contributed by atoms with Crippen molar-refractivity contribution in [1.82, 2.24) is 15.5 Å². The van der Waals surface area contributed by atoms with E-state index >= 15 is 0 Å². The second-order valence-corrected chi connectivity index (χ2v) is 16.9. The number of nitrogens with one attached hydrogen (secondary N) is 1. The molecule has 0 bridgehead atoms. The van der Waals surface area contributed by atoms with Crippen LogP contribution in [0.15, 0.2) is 120 Å². The second kappa shape index (κ2) is 16.5. The molecule has 0 aliphatic rings. The Labute approximate surface area is 307 Å². The van der Waals surface area contributed by atoms with E-state index in [2.05, 4.69) is 21.6 Å². The fraction of sp³-hybridized carbons (Fsp3) is 0.268. The van der Waals surface area contributed by atoms with Crippen molar-refractivity contribution in [1.29, 1.82) is 5.26 Å². The average molecular weight is 741 g/mol. The molecule has 0 aliphatic carbocycles. The van der Waals surface area contributed by atoms with Crippen LogP contribution in [-0.4, -0.2) is 33.4 Å². The third-order valence-corrected chi connectivity index (χ3v) is 12.9. The SMILES string of the molecule is CCCC[C@H](NC(=O)O[C@H](c1nnc(-c2ccc(C(F)(F)F)cc2)o1)C(C)(C)C)C(=O)C(C#N)=P(c1ccccc1)(c1ccccc1)c1ccccc1. The third-order valence-electron chi connectivity index (χ3n) is 8.70. The summed E-state index contributed by atoms with van der Waals surface area (Å²) in [5.41, 5.74) is -1.36. The largest absolute Gasteiger partial charge is 0.436 e. The Morgan fingerprint density at radius 2 is 1.34 bits per heavy atom. The number of carbonyl (C=O) groups excluding carboxylic acids is 2. The van der Waals surface area contributed by atoms with Crippen molar-refractivity contribution in [2.45, 2.75) is 65.3 Å². The van der Waals surface area contributed by atoms with Crippen LogP contribution in [0.5, 0.6) is 0 Å². The van der Waals surface area contributed by atoms with Gasteiger partial charge < -0.3 is 14.5 Å². The number of Topliss-reactive ketones (excluding diaryl/α,β-unsaturated/α-hetero) is 1. The topological polar surface area (TPSA) is 118 Å². The van der Waals surface area contributed by atoms with Gasteiger partial charge in [-0.15, -0.1) is 10.2 Å². The quantitative estimate of drug-likeness (QED) is 0.128. The van der Waals surface area contributed by atoms with Crippen molar-refractivity contribution in [2.75, 3.05) is 0 Å². The van der Waals surface area contributed by atoms with E-state index in [0.717, 1.165) is 34.5 Å². The summed E-state index contributed by atoms with van der Waals surface area (Å²) in [7, 11) is 0. The number of nitriles is 1. The van der Waals surface area contributed by atoms with E-state index in [-0.39, 0.29) is 29.1 Å². The van der Waals surface area contributed by atoms with Crippen molar-refractivity contribution in [3.8, 4) is 17.5 Å². The average Bonchev–Trinajstić information content (AvgIpc) is 3.64. The number of ether oxygens (including phenoxy) is 1. The summed E-state index contributed by atoms with van der Waals surface area (Å²) in [6, 6.07) is 34.0. The van der Waals surface area contributed by atoms with Crippen LogP contribution < -0.4 is 21.2 Å². The minimum atomic E-state index is -4.51. The lowest BCUT2D eigenvalue weighted by molar-refractivity contribution is -0.137.